The molecule has 3 nitrogen and oxygen atoms in total. The molecule has 0 spiro atoms. The number of aliphatic imine (C=N–C) groups is 1. The molecule has 0 fully saturated rings. The van der Waals surface area contributed by atoms with Gasteiger partial charge in [-0.3, -0.25) is 4.99 Å². The molecule has 0 aliphatic rings. The molecular weight excluding hydrogens is 311 g/mol. The number of hydrogen-bond acceptors (Lipinski definition) is 2. The number of rotatable bonds is 5. The van der Waals surface area contributed by atoms with E-state index in [1.54, 1.807) is 6.07 Å². The van der Waals surface area contributed by atoms with Gasteiger partial charge in [0, 0.05) is 23.1 Å². The van der Waals surface area contributed by atoms with Crippen molar-refractivity contribution in [1.29, 1.82) is 5.41 Å². The van der Waals surface area contributed by atoms with Crippen LogP contribution in [0.25, 0.3) is 0 Å². The SMILES string of the molecule is N=C(CCN=CNc1cccc(Br)c1)C(F)(F)F. The highest BCUT2D eigenvalue weighted by atomic mass is 79.9. The van der Waals surface area contributed by atoms with Crippen molar-refractivity contribution in [1.82, 2.24) is 0 Å². The first-order valence-electron chi connectivity index (χ1n) is 5.04. The number of alkyl halides is 3. The normalized spacial score (nSPS) is 11.8. The molecule has 98 valence electrons. The lowest BCUT2D eigenvalue weighted by molar-refractivity contribution is -0.0611. The summed E-state index contributed by atoms with van der Waals surface area (Å²) < 4.78 is 36.8. The summed E-state index contributed by atoms with van der Waals surface area (Å²) in [6.45, 7) is -0.0701. The number of anilines is 1. The van der Waals surface area contributed by atoms with Crippen LogP contribution in [-0.2, 0) is 0 Å². The number of nitrogens with zero attached hydrogens (tertiary/aromatic N) is 1. The van der Waals surface area contributed by atoms with Crippen LogP contribution in [0.4, 0.5) is 18.9 Å². The largest absolute Gasteiger partial charge is 0.428 e. The van der Waals surface area contributed by atoms with Crippen molar-refractivity contribution in [2.45, 2.75) is 12.6 Å². The van der Waals surface area contributed by atoms with E-state index in [0.717, 1.165) is 10.2 Å². The Morgan fingerprint density at radius 2 is 2.17 bits per heavy atom. The quantitative estimate of drug-likeness (QED) is 0.628. The number of nitrogens with one attached hydrogen (secondary N) is 2. The van der Waals surface area contributed by atoms with Gasteiger partial charge in [0.25, 0.3) is 0 Å². The monoisotopic (exact) mass is 321 g/mol. The molecule has 1 aromatic carbocycles. The average molecular weight is 322 g/mol. The summed E-state index contributed by atoms with van der Waals surface area (Å²) in [5.41, 5.74) is -0.485. The lowest BCUT2D eigenvalue weighted by Gasteiger charge is -2.05. The van der Waals surface area contributed by atoms with E-state index in [2.05, 4.69) is 26.2 Å². The van der Waals surface area contributed by atoms with Crippen molar-refractivity contribution in [2.75, 3.05) is 11.9 Å². The standard InChI is InChI=1S/C11H11BrF3N3/c12-8-2-1-3-9(6-8)18-7-17-5-4-10(16)11(13,14)15/h1-3,6-7,16H,4-5H2,(H,17,18). The molecule has 0 atom stereocenters. The van der Waals surface area contributed by atoms with Gasteiger partial charge < -0.3 is 10.7 Å². The van der Waals surface area contributed by atoms with Gasteiger partial charge in [-0.1, -0.05) is 22.0 Å². The second-order valence-corrected chi connectivity index (χ2v) is 4.33. The summed E-state index contributed by atoms with van der Waals surface area (Å²) in [5, 5.41) is 9.57. The maximum atomic E-state index is 12.0. The average Bonchev–Trinajstić information content (AvgIpc) is 2.27. The Labute approximate surface area is 111 Å². The first-order chi connectivity index (χ1) is 8.39. The van der Waals surface area contributed by atoms with Crippen LogP contribution in [0.2, 0.25) is 0 Å². The third-order valence-electron chi connectivity index (χ3n) is 1.98. The van der Waals surface area contributed by atoms with Gasteiger partial charge in [-0.25, -0.2) is 0 Å². The summed E-state index contributed by atoms with van der Waals surface area (Å²) in [6.07, 6.45) is -3.64. The molecule has 0 saturated heterocycles. The summed E-state index contributed by atoms with van der Waals surface area (Å²) >= 11 is 3.29. The second kappa shape index (κ2) is 6.53. The van der Waals surface area contributed by atoms with Crippen LogP contribution < -0.4 is 5.32 Å². The first kappa shape index (κ1) is 14.7. The number of halogens is 4. The van der Waals surface area contributed by atoms with E-state index in [0.29, 0.717) is 0 Å². The minimum Gasteiger partial charge on any atom is -0.347 e. The third kappa shape index (κ3) is 5.31. The first-order valence-corrected chi connectivity index (χ1v) is 5.84. The molecule has 0 saturated carbocycles. The van der Waals surface area contributed by atoms with Crippen LogP contribution in [0.1, 0.15) is 6.42 Å². The van der Waals surface area contributed by atoms with Crippen LogP contribution in [0.5, 0.6) is 0 Å². The van der Waals surface area contributed by atoms with E-state index in [1.165, 1.54) is 6.34 Å². The fourth-order valence-electron chi connectivity index (χ4n) is 1.08. The molecule has 0 aliphatic carbocycles. The number of benzene rings is 1. The van der Waals surface area contributed by atoms with Gasteiger partial charge in [-0.15, -0.1) is 0 Å². The Hall–Kier alpha value is -1.37. The van der Waals surface area contributed by atoms with Crippen LogP contribution >= 0.6 is 15.9 Å². The van der Waals surface area contributed by atoms with E-state index in [4.69, 9.17) is 5.41 Å². The summed E-state index contributed by atoms with van der Waals surface area (Å²) in [6, 6.07) is 7.28. The van der Waals surface area contributed by atoms with E-state index in [9.17, 15) is 13.2 Å². The van der Waals surface area contributed by atoms with Crippen LogP contribution in [0.15, 0.2) is 33.7 Å². The fraction of sp³-hybridized carbons (Fsp3) is 0.273. The van der Waals surface area contributed by atoms with Crippen molar-refractivity contribution in [2.24, 2.45) is 4.99 Å². The topological polar surface area (TPSA) is 48.2 Å². The fourth-order valence-corrected chi connectivity index (χ4v) is 1.48. The minimum atomic E-state index is -4.55. The zero-order valence-corrected chi connectivity index (χ0v) is 10.8. The smallest absolute Gasteiger partial charge is 0.347 e. The molecule has 0 radical (unpaired) electrons. The number of hydrogen-bond donors (Lipinski definition) is 2. The van der Waals surface area contributed by atoms with Crippen molar-refractivity contribution >= 4 is 33.7 Å². The van der Waals surface area contributed by atoms with E-state index >= 15 is 0 Å². The van der Waals surface area contributed by atoms with Crippen LogP contribution in [0.3, 0.4) is 0 Å². The zero-order valence-electron chi connectivity index (χ0n) is 9.26. The van der Waals surface area contributed by atoms with Gasteiger partial charge in [-0.05, 0) is 18.2 Å². The van der Waals surface area contributed by atoms with Gasteiger partial charge >= 0.3 is 6.18 Å². The Morgan fingerprint density at radius 1 is 1.44 bits per heavy atom. The van der Waals surface area contributed by atoms with E-state index in [-0.39, 0.29) is 6.54 Å². The van der Waals surface area contributed by atoms with Crippen LogP contribution in [-0.4, -0.2) is 24.8 Å². The molecule has 18 heavy (non-hydrogen) atoms. The highest BCUT2D eigenvalue weighted by Crippen LogP contribution is 2.18. The highest BCUT2D eigenvalue weighted by molar-refractivity contribution is 9.10. The Balaban J connectivity index is 2.33. The predicted molar refractivity (Wildman–Crippen MR) is 69.5 cm³/mol. The molecule has 7 heteroatoms. The lowest BCUT2D eigenvalue weighted by atomic mass is 10.2. The molecule has 2 N–H and O–H groups in total. The summed E-state index contributed by atoms with van der Waals surface area (Å²) in [7, 11) is 0. The maximum Gasteiger partial charge on any atom is 0.428 e. The van der Waals surface area contributed by atoms with Gasteiger partial charge in [0.15, 0.2) is 0 Å². The molecule has 0 amide bonds. The molecule has 0 bridgehead atoms. The molecule has 1 rings (SSSR count). The summed E-state index contributed by atoms with van der Waals surface area (Å²) in [5.74, 6) is 0. The van der Waals surface area contributed by atoms with Crippen molar-refractivity contribution in [3.8, 4) is 0 Å². The van der Waals surface area contributed by atoms with Crippen molar-refractivity contribution in [3.05, 3.63) is 28.7 Å². The molecule has 0 unspecified atom stereocenters. The molecule has 0 heterocycles. The van der Waals surface area contributed by atoms with Gasteiger partial charge in [-0.2, -0.15) is 13.2 Å². The van der Waals surface area contributed by atoms with Crippen molar-refractivity contribution in [3.63, 3.8) is 0 Å². The Bertz CT molecular complexity index is 443. The van der Waals surface area contributed by atoms with Gasteiger partial charge in [0.05, 0.1) is 6.34 Å². The third-order valence-corrected chi connectivity index (χ3v) is 2.47. The van der Waals surface area contributed by atoms with Gasteiger partial charge in [0.2, 0.25) is 0 Å². The molecule has 0 aliphatic heterocycles. The summed E-state index contributed by atoms with van der Waals surface area (Å²) in [4.78, 5) is 3.76. The Kier molecular flexibility index (Phi) is 5.33. The highest BCUT2D eigenvalue weighted by Gasteiger charge is 2.33. The lowest BCUT2D eigenvalue weighted by Crippen LogP contribution is -2.22. The van der Waals surface area contributed by atoms with Crippen LogP contribution in [0, 0.1) is 5.41 Å². The van der Waals surface area contributed by atoms with E-state index < -0.39 is 18.3 Å². The van der Waals surface area contributed by atoms with Crippen molar-refractivity contribution < 1.29 is 13.2 Å². The Morgan fingerprint density at radius 3 is 2.78 bits per heavy atom. The maximum absolute atomic E-state index is 12.0. The molecular formula is C11H11BrF3N3. The minimum absolute atomic E-state index is 0.0701. The van der Waals surface area contributed by atoms with Gasteiger partial charge in [0.1, 0.15) is 5.71 Å². The molecule has 1 aromatic rings. The zero-order chi connectivity index (χ0) is 13.6. The van der Waals surface area contributed by atoms with E-state index in [1.807, 2.05) is 18.2 Å². The predicted octanol–water partition coefficient (Wildman–Crippen LogP) is 3.86. The molecule has 0 aromatic heterocycles. The second-order valence-electron chi connectivity index (χ2n) is 3.42.